The van der Waals surface area contributed by atoms with E-state index in [1.54, 1.807) is 6.07 Å². The smallest absolute Gasteiger partial charge is 0.281 e. The van der Waals surface area contributed by atoms with Crippen LogP contribution >= 0.6 is 11.3 Å². The Balaban J connectivity index is 2.10. The number of thiophene rings is 1. The van der Waals surface area contributed by atoms with Crippen molar-refractivity contribution in [2.45, 2.75) is 25.3 Å². The number of carbonyl (C=O) groups is 1. The number of rotatable bonds is 5. The van der Waals surface area contributed by atoms with E-state index in [9.17, 15) is 13.2 Å². The Morgan fingerprint density at radius 2 is 2.26 bits per heavy atom. The highest BCUT2D eigenvalue weighted by atomic mass is 32.2. The van der Waals surface area contributed by atoms with Crippen molar-refractivity contribution in [3.63, 3.8) is 0 Å². The zero-order chi connectivity index (χ0) is 14.0. The van der Waals surface area contributed by atoms with Crippen LogP contribution in [0.5, 0.6) is 0 Å². The molecule has 1 atom stereocenters. The Morgan fingerprint density at radius 1 is 1.53 bits per heavy atom. The Bertz CT molecular complexity index is 537. The maximum absolute atomic E-state index is 12.2. The van der Waals surface area contributed by atoms with Crippen molar-refractivity contribution >= 4 is 27.3 Å². The fourth-order valence-electron chi connectivity index (χ4n) is 2.28. The van der Waals surface area contributed by atoms with Gasteiger partial charge in [0, 0.05) is 33.1 Å². The number of hydrogen-bond donors (Lipinski definition) is 0. The van der Waals surface area contributed by atoms with Gasteiger partial charge >= 0.3 is 0 Å². The molecule has 19 heavy (non-hydrogen) atoms. The van der Waals surface area contributed by atoms with Gasteiger partial charge in [-0.1, -0.05) is 6.07 Å². The van der Waals surface area contributed by atoms with Crippen molar-refractivity contribution in [2.24, 2.45) is 0 Å². The topological polar surface area (TPSA) is 57.7 Å². The van der Waals surface area contributed by atoms with Gasteiger partial charge in [0.15, 0.2) is 5.78 Å². The van der Waals surface area contributed by atoms with Gasteiger partial charge < -0.3 is 0 Å². The molecule has 2 heterocycles. The molecular weight excluding hydrogens is 284 g/mol. The van der Waals surface area contributed by atoms with Crippen molar-refractivity contribution in [1.29, 1.82) is 0 Å². The first-order valence-electron chi connectivity index (χ1n) is 6.19. The molecule has 0 radical (unpaired) electrons. The zero-order valence-corrected chi connectivity index (χ0v) is 12.7. The molecule has 1 aliphatic rings. The highest BCUT2D eigenvalue weighted by Crippen LogP contribution is 2.26. The van der Waals surface area contributed by atoms with E-state index in [1.165, 1.54) is 34.0 Å². The summed E-state index contributed by atoms with van der Waals surface area (Å²) in [6.07, 6.45) is 1.84. The maximum Gasteiger partial charge on any atom is 0.281 e. The Hall–Kier alpha value is -0.760. The second kappa shape index (κ2) is 5.70. The third-order valence-electron chi connectivity index (χ3n) is 3.30. The van der Waals surface area contributed by atoms with Crippen LogP contribution in [0.2, 0.25) is 0 Å². The average Bonchev–Trinajstić information content (AvgIpc) is 2.99. The van der Waals surface area contributed by atoms with E-state index in [0.29, 0.717) is 11.4 Å². The minimum atomic E-state index is -3.42. The summed E-state index contributed by atoms with van der Waals surface area (Å²) in [6, 6.07) is 3.41. The fraction of sp³-hybridized carbons (Fsp3) is 0.583. The quantitative estimate of drug-likeness (QED) is 0.776. The normalized spacial score (nSPS) is 21.1. The van der Waals surface area contributed by atoms with Crippen molar-refractivity contribution in [3.05, 3.63) is 22.4 Å². The molecule has 1 fully saturated rings. The highest BCUT2D eigenvalue weighted by molar-refractivity contribution is 7.86. The van der Waals surface area contributed by atoms with E-state index in [4.69, 9.17) is 0 Å². The summed E-state index contributed by atoms with van der Waals surface area (Å²) in [4.78, 5) is 12.8. The van der Waals surface area contributed by atoms with E-state index in [2.05, 4.69) is 0 Å². The molecule has 0 aliphatic carbocycles. The molecule has 1 aromatic rings. The van der Waals surface area contributed by atoms with Gasteiger partial charge in [-0.05, 0) is 24.3 Å². The predicted octanol–water partition coefficient (Wildman–Crippen LogP) is 1.59. The standard InChI is InChI=1S/C12H18N2O3S2/c1-13(2)19(16,17)14-7-3-5-10(14)9-11(15)12-6-4-8-18-12/h4,6,8,10H,3,5,7,9H2,1-2H3/t10-/m1/s1. The lowest BCUT2D eigenvalue weighted by Crippen LogP contribution is -2.43. The summed E-state index contributed by atoms with van der Waals surface area (Å²) in [6.45, 7) is 0.503. The third-order valence-corrected chi connectivity index (χ3v) is 6.21. The van der Waals surface area contributed by atoms with Crippen LogP contribution < -0.4 is 0 Å². The van der Waals surface area contributed by atoms with E-state index in [-0.39, 0.29) is 18.2 Å². The zero-order valence-electron chi connectivity index (χ0n) is 11.1. The SMILES string of the molecule is CN(C)S(=O)(=O)N1CCC[C@@H]1CC(=O)c1cccs1. The molecule has 2 rings (SSSR count). The maximum atomic E-state index is 12.2. The van der Waals surface area contributed by atoms with Gasteiger partial charge in [-0.15, -0.1) is 11.3 Å². The predicted molar refractivity (Wildman–Crippen MR) is 75.6 cm³/mol. The van der Waals surface area contributed by atoms with Crippen molar-refractivity contribution < 1.29 is 13.2 Å². The summed E-state index contributed by atoms with van der Waals surface area (Å²) < 4.78 is 27.0. The monoisotopic (exact) mass is 302 g/mol. The fourth-order valence-corrected chi connectivity index (χ4v) is 4.29. The second-order valence-electron chi connectivity index (χ2n) is 4.80. The van der Waals surface area contributed by atoms with Crippen molar-refractivity contribution in [2.75, 3.05) is 20.6 Å². The molecule has 106 valence electrons. The Morgan fingerprint density at radius 3 is 2.84 bits per heavy atom. The highest BCUT2D eigenvalue weighted by Gasteiger charge is 2.36. The molecule has 5 nitrogen and oxygen atoms in total. The molecule has 0 aromatic carbocycles. The molecule has 0 bridgehead atoms. The summed E-state index contributed by atoms with van der Waals surface area (Å²) >= 11 is 1.40. The number of Topliss-reactive ketones (excluding diaryl/α,β-unsaturated/α-hetero) is 1. The molecule has 0 amide bonds. The molecule has 0 unspecified atom stereocenters. The van der Waals surface area contributed by atoms with Crippen LogP contribution in [-0.2, 0) is 10.2 Å². The minimum absolute atomic E-state index is 0.0286. The number of hydrogen-bond acceptors (Lipinski definition) is 4. The van der Waals surface area contributed by atoms with E-state index >= 15 is 0 Å². The molecule has 1 aliphatic heterocycles. The number of nitrogens with zero attached hydrogens (tertiary/aromatic N) is 2. The van der Waals surface area contributed by atoms with Crippen LogP contribution in [0.15, 0.2) is 17.5 Å². The molecule has 1 aromatic heterocycles. The summed E-state index contributed by atoms with van der Waals surface area (Å²) in [5, 5.41) is 1.86. The van der Waals surface area contributed by atoms with E-state index < -0.39 is 10.2 Å². The Kier molecular flexibility index (Phi) is 4.39. The van der Waals surface area contributed by atoms with Crippen molar-refractivity contribution in [3.8, 4) is 0 Å². The van der Waals surface area contributed by atoms with Crippen molar-refractivity contribution in [1.82, 2.24) is 8.61 Å². The number of carbonyl (C=O) groups excluding carboxylic acids is 1. The minimum Gasteiger partial charge on any atom is -0.293 e. The van der Waals surface area contributed by atoms with Crippen LogP contribution in [0.1, 0.15) is 28.9 Å². The number of ketones is 1. The molecule has 0 spiro atoms. The summed E-state index contributed by atoms with van der Waals surface area (Å²) in [5.74, 6) is 0.0286. The molecule has 0 saturated carbocycles. The third kappa shape index (κ3) is 3.05. The molecule has 7 heteroatoms. The van der Waals surface area contributed by atoms with Crippen LogP contribution in [0, 0.1) is 0 Å². The lowest BCUT2D eigenvalue weighted by molar-refractivity contribution is 0.0964. The van der Waals surface area contributed by atoms with Gasteiger partial charge in [-0.3, -0.25) is 4.79 Å². The molecule has 1 saturated heterocycles. The van der Waals surface area contributed by atoms with E-state index in [1.807, 2.05) is 11.4 Å². The largest absolute Gasteiger partial charge is 0.293 e. The van der Waals surface area contributed by atoms with Crippen LogP contribution in [-0.4, -0.2) is 49.5 Å². The van der Waals surface area contributed by atoms with Crippen LogP contribution in [0.4, 0.5) is 0 Å². The average molecular weight is 302 g/mol. The van der Waals surface area contributed by atoms with Gasteiger partial charge in [0.25, 0.3) is 10.2 Å². The lowest BCUT2D eigenvalue weighted by atomic mass is 10.1. The van der Waals surface area contributed by atoms with Gasteiger partial charge in [0.1, 0.15) is 0 Å². The first-order valence-corrected chi connectivity index (χ1v) is 8.46. The first kappa shape index (κ1) is 14.6. The summed E-state index contributed by atoms with van der Waals surface area (Å²) in [5.41, 5.74) is 0. The first-order chi connectivity index (χ1) is 8.93. The van der Waals surface area contributed by atoms with Gasteiger partial charge in [-0.2, -0.15) is 17.0 Å². The van der Waals surface area contributed by atoms with Crippen LogP contribution in [0.3, 0.4) is 0 Å². The van der Waals surface area contributed by atoms with Crippen LogP contribution in [0.25, 0.3) is 0 Å². The van der Waals surface area contributed by atoms with Gasteiger partial charge in [-0.25, -0.2) is 0 Å². The Labute approximate surface area is 118 Å². The lowest BCUT2D eigenvalue weighted by Gasteiger charge is -2.26. The molecular formula is C12H18N2O3S2. The second-order valence-corrected chi connectivity index (χ2v) is 7.84. The molecule has 0 N–H and O–H groups in total. The van der Waals surface area contributed by atoms with Gasteiger partial charge in [0.2, 0.25) is 0 Å². The van der Waals surface area contributed by atoms with Gasteiger partial charge in [0.05, 0.1) is 4.88 Å². The van der Waals surface area contributed by atoms with E-state index in [0.717, 1.165) is 12.8 Å². The summed E-state index contributed by atoms with van der Waals surface area (Å²) in [7, 11) is -0.383.